The lowest BCUT2D eigenvalue weighted by Gasteiger charge is -2.45. The fraction of sp³-hybridized carbons (Fsp3) is 1.00. The second kappa shape index (κ2) is 4.84. The van der Waals surface area contributed by atoms with Crippen LogP contribution in [-0.4, -0.2) is 37.7 Å². The average Bonchev–Trinajstić information content (AvgIpc) is 2.16. The summed E-state index contributed by atoms with van der Waals surface area (Å²) in [7, 11) is 2.19. The van der Waals surface area contributed by atoms with Crippen molar-refractivity contribution in [1.82, 2.24) is 4.90 Å². The fourth-order valence-electron chi connectivity index (χ4n) is 2.38. The van der Waals surface area contributed by atoms with Crippen LogP contribution >= 0.6 is 0 Å². The molecule has 0 aromatic carbocycles. The van der Waals surface area contributed by atoms with Gasteiger partial charge in [-0.15, -0.1) is 0 Å². The smallest absolute Gasteiger partial charge is 0.0755 e. The molecule has 0 aromatic rings. The van der Waals surface area contributed by atoms with Crippen molar-refractivity contribution in [1.29, 1.82) is 0 Å². The summed E-state index contributed by atoms with van der Waals surface area (Å²) in [5, 5.41) is 0. The maximum Gasteiger partial charge on any atom is 0.0755 e. The number of rotatable bonds is 3. The summed E-state index contributed by atoms with van der Waals surface area (Å²) in [5.41, 5.74) is 0.267. The molecule has 1 rings (SSSR count). The normalized spacial score (nSPS) is 27.0. The van der Waals surface area contributed by atoms with Crippen LogP contribution in [-0.2, 0) is 4.74 Å². The molecule has 0 aromatic heterocycles. The van der Waals surface area contributed by atoms with E-state index in [-0.39, 0.29) is 5.41 Å². The third-order valence-corrected chi connectivity index (χ3v) is 4.27. The van der Waals surface area contributed by atoms with Gasteiger partial charge in [-0.1, -0.05) is 34.6 Å². The summed E-state index contributed by atoms with van der Waals surface area (Å²) in [6.07, 6.45) is 0.383. The third kappa shape index (κ3) is 2.94. The maximum absolute atomic E-state index is 5.94. The van der Waals surface area contributed by atoms with E-state index in [1.165, 1.54) is 0 Å². The van der Waals surface area contributed by atoms with Crippen molar-refractivity contribution < 1.29 is 4.74 Å². The Morgan fingerprint density at radius 2 is 1.87 bits per heavy atom. The number of hydrogen-bond donors (Lipinski definition) is 0. The molecule has 0 saturated carbocycles. The fourth-order valence-corrected chi connectivity index (χ4v) is 2.38. The van der Waals surface area contributed by atoms with E-state index in [0.29, 0.717) is 12.0 Å². The summed E-state index contributed by atoms with van der Waals surface area (Å²) in [6, 6.07) is 0. The van der Waals surface area contributed by atoms with Crippen molar-refractivity contribution in [2.45, 2.75) is 40.7 Å². The van der Waals surface area contributed by atoms with Gasteiger partial charge in [0.2, 0.25) is 0 Å². The molecular weight excluding hydrogens is 186 g/mol. The van der Waals surface area contributed by atoms with Crippen LogP contribution in [0.2, 0.25) is 0 Å². The van der Waals surface area contributed by atoms with Crippen LogP contribution in [0.5, 0.6) is 0 Å². The zero-order valence-electron chi connectivity index (χ0n) is 11.2. The minimum Gasteiger partial charge on any atom is -0.375 e. The molecule has 2 atom stereocenters. The van der Waals surface area contributed by atoms with Crippen LogP contribution in [0.15, 0.2) is 0 Å². The number of ether oxygens (including phenoxy) is 1. The monoisotopic (exact) mass is 213 g/mol. The van der Waals surface area contributed by atoms with Gasteiger partial charge in [-0.2, -0.15) is 0 Å². The Kier molecular flexibility index (Phi) is 4.19. The summed E-state index contributed by atoms with van der Waals surface area (Å²) < 4.78 is 5.94. The van der Waals surface area contributed by atoms with Gasteiger partial charge in [-0.3, -0.25) is 0 Å². The Balaban J connectivity index is 2.66. The Labute approximate surface area is 95.0 Å². The van der Waals surface area contributed by atoms with Gasteiger partial charge in [-0.25, -0.2) is 0 Å². The van der Waals surface area contributed by atoms with Gasteiger partial charge in [0.25, 0.3) is 0 Å². The van der Waals surface area contributed by atoms with Crippen molar-refractivity contribution >= 4 is 0 Å². The summed E-state index contributed by atoms with van der Waals surface area (Å²) >= 11 is 0. The molecule has 0 spiro atoms. The molecular formula is C13H27NO. The second-order valence-electron chi connectivity index (χ2n) is 5.98. The molecule has 2 heteroatoms. The second-order valence-corrected chi connectivity index (χ2v) is 5.98. The van der Waals surface area contributed by atoms with E-state index in [1.807, 2.05) is 0 Å². The lowest BCUT2D eigenvalue weighted by Crippen LogP contribution is -2.50. The zero-order valence-corrected chi connectivity index (χ0v) is 11.2. The van der Waals surface area contributed by atoms with Crippen LogP contribution in [0.3, 0.4) is 0 Å². The maximum atomic E-state index is 5.94. The highest BCUT2D eigenvalue weighted by atomic mass is 16.5. The first-order valence-electron chi connectivity index (χ1n) is 6.16. The first-order chi connectivity index (χ1) is 6.85. The van der Waals surface area contributed by atoms with Gasteiger partial charge in [-0.05, 0) is 24.3 Å². The predicted octanol–water partition coefficient (Wildman–Crippen LogP) is 2.64. The summed E-state index contributed by atoms with van der Waals surface area (Å²) in [5.74, 6) is 1.41. The van der Waals surface area contributed by atoms with E-state index in [4.69, 9.17) is 4.74 Å². The van der Waals surface area contributed by atoms with Crippen LogP contribution in [0.4, 0.5) is 0 Å². The lowest BCUT2D eigenvalue weighted by atomic mass is 9.70. The largest absolute Gasteiger partial charge is 0.375 e. The molecule has 1 aliphatic rings. The Bertz CT molecular complexity index is 201. The quantitative estimate of drug-likeness (QED) is 0.714. The molecule has 0 N–H and O–H groups in total. The van der Waals surface area contributed by atoms with Crippen LogP contribution in [0.25, 0.3) is 0 Å². The molecule has 2 nitrogen and oxygen atoms in total. The Morgan fingerprint density at radius 1 is 1.27 bits per heavy atom. The predicted molar refractivity (Wildman–Crippen MR) is 65.0 cm³/mol. The van der Waals surface area contributed by atoms with E-state index >= 15 is 0 Å². The first kappa shape index (κ1) is 13.0. The van der Waals surface area contributed by atoms with E-state index in [1.54, 1.807) is 0 Å². The van der Waals surface area contributed by atoms with Crippen LogP contribution in [0, 0.1) is 17.3 Å². The van der Waals surface area contributed by atoms with Crippen LogP contribution in [0.1, 0.15) is 34.6 Å². The Hall–Kier alpha value is -0.0800. The minimum atomic E-state index is 0.267. The Morgan fingerprint density at radius 3 is 2.33 bits per heavy atom. The number of nitrogens with zero attached hydrogens (tertiary/aromatic N) is 1. The van der Waals surface area contributed by atoms with Crippen LogP contribution < -0.4 is 0 Å². The molecule has 1 heterocycles. The van der Waals surface area contributed by atoms with E-state index in [0.717, 1.165) is 25.6 Å². The topological polar surface area (TPSA) is 12.5 Å². The third-order valence-electron chi connectivity index (χ3n) is 4.27. The van der Waals surface area contributed by atoms with E-state index in [9.17, 15) is 0 Å². The molecule has 1 fully saturated rings. The van der Waals surface area contributed by atoms with Crippen molar-refractivity contribution in [3.05, 3.63) is 0 Å². The molecule has 0 bridgehead atoms. The summed E-state index contributed by atoms with van der Waals surface area (Å²) in [6.45, 7) is 14.7. The van der Waals surface area contributed by atoms with Crippen molar-refractivity contribution in [3.63, 3.8) is 0 Å². The molecule has 2 unspecified atom stereocenters. The highest BCUT2D eigenvalue weighted by Crippen LogP contribution is 2.38. The zero-order chi connectivity index (χ0) is 11.6. The van der Waals surface area contributed by atoms with Gasteiger partial charge in [0.15, 0.2) is 0 Å². The molecule has 0 aliphatic carbocycles. The van der Waals surface area contributed by atoms with Gasteiger partial charge >= 0.3 is 0 Å². The van der Waals surface area contributed by atoms with Gasteiger partial charge in [0.1, 0.15) is 0 Å². The standard InChI is InChI=1S/C13H27NO/c1-10(2)11(3)13(4,5)12-9-14(6)7-8-15-12/h10-12H,7-9H2,1-6H3. The van der Waals surface area contributed by atoms with Gasteiger partial charge < -0.3 is 9.64 Å². The number of hydrogen-bond acceptors (Lipinski definition) is 2. The molecule has 0 amide bonds. The average molecular weight is 213 g/mol. The van der Waals surface area contributed by atoms with Crippen molar-refractivity contribution in [2.75, 3.05) is 26.7 Å². The molecule has 0 radical (unpaired) electrons. The number of morpholine rings is 1. The summed E-state index contributed by atoms with van der Waals surface area (Å²) in [4.78, 5) is 2.38. The number of likely N-dealkylation sites (N-methyl/N-ethyl adjacent to an activating group) is 1. The van der Waals surface area contributed by atoms with Crippen molar-refractivity contribution in [2.24, 2.45) is 17.3 Å². The van der Waals surface area contributed by atoms with Crippen molar-refractivity contribution in [3.8, 4) is 0 Å². The lowest BCUT2D eigenvalue weighted by molar-refractivity contribution is -0.102. The first-order valence-corrected chi connectivity index (χ1v) is 6.16. The molecule has 90 valence electrons. The van der Waals surface area contributed by atoms with E-state index < -0.39 is 0 Å². The molecule has 1 aliphatic heterocycles. The molecule has 1 saturated heterocycles. The highest BCUT2D eigenvalue weighted by Gasteiger charge is 2.38. The van der Waals surface area contributed by atoms with Gasteiger partial charge in [0, 0.05) is 13.1 Å². The minimum absolute atomic E-state index is 0.267. The SMILES string of the molecule is CC(C)C(C)C(C)(C)C1CN(C)CCO1. The van der Waals surface area contributed by atoms with Gasteiger partial charge in [0.05, 0.1) is 12.7 Å². The highest BCUT2D eigenvalue weighted by molar-refractivity contribution is 4.88. The molecule has 15 heavy (non-hydrogen) atoms. The van der Waals surface area contributed by atoms with E-state index in [2.05, 4.69) is 46.6 Å².